The Morgan fingerprint density at radius 3 is 2.82 bits per heavy atom. The van der Waals surface area contributed by atoms with E-state index in [4.69, 9.17) is 11.6 Å². The zero-order chi connectivity index (χ0) is 12.4. The Bertz CT molecular complexity index is 560. The normalized spacial score (nSPS) is 10.5. The van der Waals surface area contributed by atoms with Gasteiger partial charge in [-0.3, -0.25) is 9.48 Å². The average Bonchev–Trinajstić information content (AvgIpc) is 2.63. The summed E-state index contributed by atoms with van der Waals surface area (Å²) in [5.74, 6) is 0.0900. The first-order valence-electron chi connectivity index (χ1n) is 5.33. The molecule has 0 aliphatic rings. The molecule has 0 spiro atoms. The first-order valence-corrected chi connectivity index (χ1v) is 5.71. The predicted molar refractivity (Wildman–Crippen MR) is 67.4 cm³/mol. The summed E-state index contributed by atoms with van der Waals surface area (Å²) in [7, 11) is 1.83. The van der Waals surface area contributed by atoms with E-state index in [1.807, 2.05) is 20.2 Å². The van der Waals surface area contributed by atoms with E-state index in [1.54, 1.807) is 29.1 Å². The summed E-state index contributed by atoms with van der Waals surface area (Å²) in [6.07, 6.45) is 3.93. The number of rotatable bonds is 3. The second kappa shape index (κ2) is 4.72. The lowest BCUT2D eigenvalue weighted by molar-refractivity contribution is 0.0992. The van der Waals surface area contributed by atoms with Crippen LogP contribution in [0.25, 0.3) is 0 Å². The van der Waals surface area contributed by atoms with Crippen LogP contribution < -0.4 is 0 Å². The number of aromatic nitrogens is 2. The molecule has 2 aromatic rings. The van der Waals surface area contributed by atoms with E-state index in [9.17, 15) is 4.79 Å². The maximum Gasteiger partial charge on any atom is 0.167 e. The summed E-state index contributed by atoms with van der Waals surface area (Å²) in [6, 6.07) is 5.32. The number of halogens is 1. The van der Waals surface area contributed by atoms with Gasteiger partial charge in [-0.25, -0.2) is 0 Å². The molecule has 1 aromatic heterocycles. The molecule has 0 aliphatic carbocycles. The van der Waals surface area contributed by atoms with Gasteiger partial charge in [0.05, 0.1) is 6.20 Å². The topological polar surface area (TPSA) is 34.9 Å². The Morgan fingerprint density at radius 2 is 2.24 bits per heavy atom. The molecule has 0 aliphatic heterocycles. The lowest BCUT2D eigenvalue weighted by Gasteiger charge is -2.04. The van der Waals surface area contributed by atoms with Gasteiger partial charge in [0.1, 0.15) is 0 Å². The van der Waals surface area contributed by atoms with Crippen LogP contribution in [-0.2, 0) is 13.5 Å². The lowest BCUT2D eigenvalue weighted by atomic mass is 10.0. The van der Waals surface area contributed by atoms with Gasteiger partial charge in [0.15, 0.2) is 5.78 Å². The highest BCUT2D eigenvalue weighted by Gasteiger charge is 2.11. The summed E-state index contributed by atoms with van der Waals surface area (Å²) < 4.78 is 1.69. The van der Waals surface area contributed by atoms with Crippen LogP contribution in [0.5, 0.6) is 0 Å². The molecule has 17 heavy (non-hydrogen) atoms. The third-order valence-corrected chi connectivity index (χ3v) is 2.85. The summed E-state index contributed by atoms with van der Waals surface area (Å²) in [5, 5.41) is 4.70. The molecule has 3 nitrogen and oxygen atoms in total. The fourth-order valence-corrected chi connectivity index (χ4v) is 2.01. The van der Waals surface area contributed by atoms with Crippen LogP contribution in [0.1, 0.15) is 21.5 Å². The van der Waals surface area contributed by atoms with Crippen LogP contribution >= 0.6 is 11.6 Å². The van der Waals surface area contributed by atoms with Gasteiger partial charge in [-0.2, -0.15) is 5.10 Å². The van der Waals surface area contributed by atoms with Gasteiger partial charge < -0.3 is 0 Å². The monoisotopic (exact) mass is 248 g/mol. The quantitative estimate of drug-likeness (QED) is 0.783. The lowest BCUT2D eigenvalue weighted by Crippen LogP contribution is -2.05. The highest BCUT2D eigenvalue weighted by Crippen LogP contribution is 2.17. The van der Waals surface area contributed by atoms with Gasteiger partial charge in [0.2, 0.25) is 0 Å². The third-order valence-electron chi connectivity index (χ3n) is 2.61. The highest BCUT2D eigenvalue weighted by atomic mass is 35.5. The zero-order valence-electron chi connectivity index (χ0n) is 9.77. The molecule has 88 valence electrons. The molecule has 0 saturated carbocycles. The van der Waals surface area contributed by atoms with E-state index >= 15 is 0 Å². The number of hydrogen-bond acceptors (Lipinski definition) is 2. The minimum Gasteiger partial charge on any atom is -0.294 e. The molecule has 0 radical (unpaired) electrons. The van der Waals surface area contributed by atoms with E-state index in [-0.39, 0.29) is 5.78 Å². The summed E-state index contributed by atoms with van der Waals surface area (Å²) >= 11 is 5.86. The van der Waals surface area contributed by atoms with Crippen molar-refractivity contribution < 1.29 is 4.79 Å². The SMILES string of the molecule is Cc1cc(Cl)ccc1C(=O)Cc1cnn(C)c1. The first-order chi connectivity index (χ1) is 8.06. The van der Waals surface area contributed by atoms with Crippen LogP contribution in [0.3, 0.4) is 0 Å². The maximum absolute atomic E-state index is 12.1. The Labute approximate surface area is 105 Å². The molecule has 0 unspecified atom stereocenters. The number of carbonyl (C=O) groups is 1. The van der Waals surface area contributed by atoms with Crippen LogP contribution in [-0.4, -0.2) is 15.6 Å². The fourth-order valence-electron chi connectivity index (χ4n) is 1.78. The minimum absolute atomic E-state index is 0.0900. The second-order valence-corrected chi connectivity index (χ2v) is 4.52. The molecular weight excluding hydrogens is 236 g/mol. The van der Waals surface area contributed by atoms with Crippen molar-refractivity contribution in [1.29, 1.82) is 0 Å². The molecule has 1 aromatic carbocycles. The van der Waals surface area contributed by atoms with Gasteiger partial charge in [-0.15, -0.1) is 0 Å². The summed E-state index contributed by atoms with van der Waals surface area (Å²) in [4.78, 5) is 12.1. The minimum atomic E-state index is 0.0900. The smallest absolute Gasteiger partial charge is 0.167 e. The number of benzene rings is 1. The Kier molecular flexibility index (Phi) is 3.29. The molecule has 0 fully saturated rings. The Balaban J connectivity index is 2.20. The van der Waals surface area contributed by atoms with Crippen LogP contribution in [0.15, 0.2) is 30.6 Å². The van der Waals surface area contributed by atoms with E-state index in [2.05, 4.69) is 5.10 Å². The van der Waals surface area contributed by atoms with Gasteiger partial charge >= 0.3 is 0 Å². The van der Waals surface area contributed by atoms with E-state index < -0.39 is 0 Å². The van der Waals surface area contributed by atoms with Crippen molar-refractivity contribution in [2.45, 2.75) is 13.3 Å². The Hall–Kier alpha value is -1.61. The average molecular weight is 249 g/mol. The van der Waals surface area contributed by atoms with Gasteiger partial charge in [-0.05, 0) is 36.2 Å². The molecular formula is C13H13ClN2O. The molecule has 0 amide bonds. The van der Waals surface area contributed by atoms with Gasteiger partial charge in [0, 0.05) is 30.3 Å². The summed E-state index contributed by atoms with van der Waals surface area (Å²) in [6.45, 7) is 1.89. The number of Topliss-reactive ketones (excluding diaryl/α,β-unsaturated/α-hetero) is 1. The molecule has 0 saturated heterocycles. The van der Waals surface area contributed by atoms with Crippen LogP contribution in [0, 0.1) is 6.92 Å². The van der Waals surface area contributed by atoms with Crippen molar-refractivity contribution in [3.8, 4) is 0 Å². The molecule has 1 heterocycles. The molecule has 0 bridgehead atoms. The number of nitrogens with zero attached hydrogens (tertiary/aromatic N) is 2. The second-order valence-electron chi connectivity index (χ2n) is 4.08. The molecule has 2 rings (SSSR count). The maximum atomic E-state index is 12.1. The van der Waals surface area contributed by atoms with Crippen molar-refractivity contribution in [2.75, 3.05) is 0 Å². The van der Waals surface area contributed by atoms with Crippen molar-refractivity contribution in [3.63, 3.8) is 0 Å². The van der Waals surface area contributed by atoms with Crippen LogP contribution in [0.4, 0.5) is 0 Å². The van der Waals surface area contributed by atoms with Crippen molar-refractivity contribution in [1.82, 2.24) is 9.78 Å². The predicted octanol–water partition coefficient (Wildman–Crippen LogP) is 2.81. The van der Waals surface area contributed by atoms with Gasteiger partial charge in [-0.1, -0.05) is 11.6 Å². The van der Waals surface area contributed by atoms with E-state index in [0.29, 0.717) is 11.4 Å². The number of ketones is 1. The Morgan fingerprint density at radius 1 is 1.47 bits per heavy atom. The van der Waals surface area contributed by atoms with Crippen molar-refractivity contribution in [3.05, 3.63) is 52.3 Å². The number of hydrogen-bond donors (Lipinski definition) is 0. The number of carbonyl (C=O) groups excluding carboxylic acids is 1. The van der Waals surface area contributed by atoms with Crippen molar-refractivity contribution >= 4 is 17.4 Å². The highest BCUT2D eigenvalue weighted by molar-refractivity contribution is 6.30. The number of aryl methyl sites for hydroxylation is 2. The largest absolute Gasteiger partial charge is 0.294 e. The standard InChI is InChI=1S/C13H13ClN2O/c1-9-5-11(14)3-4-12(9)13(17)6-10-7-15-16(2)8-10/h3-5,7-8H,6H2,1-2H3. The van der Waals surface area contributed by atoms with E-state index in [1.165, 1.54) is 0 Å². The van der Waals surface area contributed by atoms with Crippen LogP contribution in [0.2, 0.25) is 5.02 Å². The third kappa shape index (κ3) is 2.74. The first kappa shape index (κ1) is 11.9. The van der Waals surface area contributed by atoms with Crippen molar-refractivity contribution in [2.24, 2.45) is 7.05 Å². The van der Waals surface area contributed by atoms with Gasteiger partial charge in [0.25, 0.3) is 0 Å². The molecule has 4 heteroatoms. The molecule has 0 N–H and O–H groups in total. The fraction of sp³-hybridized carbons (Fsp3) is 0.231. The summed E-state index contributed by atoms with van der Waals surface area (Å²) in [5.41, 5.74) is 2.55. The van der Waals surface area contributed by atoms with E-state index in [0.717, 1.165) is 16.7 Å². The zero-order valence-corrected chi connectivity index (χ0v) is 10.5. The molecule has 0 atom stereocenters.